The molecule has 4 aromatic rings. The number of terminal acetylenes is 1. The molecule has 1 aromatic carbocycles. The van der Waals surface area contributed by atoms with Crippen molar-refractivity contribution in [3.63, 3.8) is 0 Å². The summed E-state index contributed by atoms with van der Waals surface area (Å²) in [6, 6.07) is 9.04. The summed E-state index contributed by atoms with van der Waals surface area (Å²) in [5, 5.41) is 27.0. The lowest BCUT2D eigenvalue weighted by Crippen LogP contribution is -2.35. The second-order valence-corrected chi connectivity index (χ2v) is 9.61. The number of hydrogen-bond donors (Lipinski definition) is 4. The summed E-state index contributed by atoms with van der Waals surface area (Å²) in [6.07, 6.45) is 5.96. The van der Waals surface area contributed by atoms with Crippen LogP contribution in [0.25, 0.3) is 16.4 Å². The fraction of sp³-hybridized carbons (Fsp3) is 0.292. The van der Waals surface area contributed by atoms with Crippen LogP contribution < -0.4 is 11.5 Å². The highest BCUT2D eigenvalue weighted by atomic mass is 79.9. The monoisotopic (exact) mass is 524 g/mol. The van der Waals surface area contributed by atoms with Crippen molar-refractivity contribution < 1.29 is 14.6 Å². The summed E-state index contributed by atoms with van der Waals surface area (Å²) in [4.78, 5) is 8.24. The minimum Gasteiger partial charge on any atom is -0.390 e. The second-order valence-electron chi connectivity index (χ2n) is 8.75. The van der Waals surface area contributed by atoms with Gasteiger partial charge in [0.05, 0.1) is 33.3 Å². The van der Waals surface area contributed by atoms with Crippen molar-refractivity contribution in [2.24, 2.45) is 5.41 Å². The van der Waals surface area contributed by atoms with Gasteiger partial charge in [-0.3, -0.25) is 0 Å². The molecule has 1 aliphatic rings. The molecule has 1 fully saturated rings. The average molecular weight is 525 g/mol. The lowest BCUT2D eigenvalue weighted by atomic mass is 9.78. The van der Waals surface area contributed by atoms with E-state index < -0.39 is 29.4 Å². The molecule has 0 unspecified atom stereocenters. The predicted octanol–water partition coefficient (Wildman–Crippen LogP) is 2.81. The molecule has 3 aromatic heterocycles. The van der Waals surface area contributed by atoms with E-state index in [0.717, 1.165) is 20.9 Å². The van der Waals surface area contributed by atoms with Gasteiger partial charge in [-0.05, 0) is 59.0 Å². The molecule has 4 atom stereocenters. The van der Waals surface area contributed by atoms with Gasteiger partial charge in [-0.2, -0.15) is 5.10 Å². The molecule has 0 spiro atoms. The predicted molar refractivity (Wildman–Crippen MR) is 130 cm³/mol. The van der Waals surface area contributed by atoms with Crippen molar-refractivity contribution in [2.75, 3.05) is 11.5 Å². The minimum absolute atomic E-state index is 0.00687. The van der Waals surface area contributed by atoms with E-state index in [1.165, 1.54) is 16.9 Å². The molecule has 34 heavy (non-hydrogen) atoms. The summed E-state index contributed by atoms with van der Waals surface area (Å²) in [5.74, 6) is 1.90. The number of nitrogen functional groups attached to an aromatic ring is 2. The van der Waals surface area contributed by atoms with Gasteiger partial charge in [0.15, 0.2) is 11.6 Å². The Bertz CT molecular complexity index is 1470. The Morgan fingerprint density at radius 2 is 2.03 bits per heavy atom. The lowest BCUT2D eigenvalue weighted by molar-refractivity contribution is -0.00656. The molecule has 5 rings (SSSR count). The molecule has 6 N–H and O–H groups in total. The number of rotatable bonds is 4. The van der Waals surface area contributed by atoms with Crippen molar-refractivity contribution in [3.8, 4) is 12.3 Å². The summed E-state index contributed by atoms with van der Waals surface area (Å²) >= 11 is 3.38. The first kappa shape index (κ1) is 22.5. The Morgan fingerprint density at radius 3 is 2.79 bits per heavy atom. The molecule has 0 aliphatic heterocycles. The van der Waals surface area contributed by atoms with E-state index >= 15 is 0 Å². The molecule has 1 saturated carbocycles. The van der Waals surface area contributed by atoms with Gasteiger partial charge in [0.1, 0.15) is 17.7 Å². The first-order valence-corrected chi connectivity index (χ1v) is 11.5. The average Bonchev–Trinajstić information content (AvgIpc) is 3.28. The maximum Gasteiger partial charge on any atom is 0.154 e. The molecule has 174 valence electrons. The second kappa shape index (κ2) is 8.20. The fourth-order valence-electron chi connectivity index (χ4n) is 4.96. The number of aliphatic hydroxyl groups is 2. The number of hydrogen-bond acceptors (Lipinski definition) is 7. The Kier molecular flexibility index (Phi) is 5.43. The Labute approximate surface area is 202 Å². The molecule has 0 saturated heterocycles. The van der Waals surface area contributed by atoms with E-state index in [2.05, 4.69) is 36.9 Å². The van der Waals surface area contributed by atoms with Gasteiger partial charge in [-0.15, -0.1) is 6.42 Å². The number of pyridine rings is 1. The normalized spacial score (nSPS) is 24.6. The lowest BCUT2D eigenvalue weighted by Gasteiger charge is -2.27. The molecule has 8 nitrogen and oxygen atoms in total. The SMILES string of the molecule is C#C[C@]1(CCc2ccc3cc(Br)c(N)nc3c2)C[C@@H](c2cc(F)c3c(N)ncnn23)[C@H](O)[C@@H]1O. The molecule has 0 radical (unpaired) electrons. The van der Waals surface area contributed by atoms with Crippen LogP contribution in [0.4, 0.5) is 16.0 Å². The van der Waals surface area contributed by atoms with E-state index in [0.29, 0.717) is 24.4 Å². The Hall–Kier alpha value is -3.26. The Balaban J connectivity index is 1.44. The van der Waals surface area contributed by atoms with Crippen molar-refractivity contribution in [3.05, 3.63) is 58.2 Å². The van der Waals surface area contributed by atoms with Gasteiger partial charge in [0.25, 0.3) is 0 Å². The van der Waals surface area contributed by atoms with Gasteiger partial charge < -0.3 is 21.7 Å². The number of anilines is 2. The molecular weight excluding hydrogens is 503 g/mol. The van der Waals surface area contributed by atoms with Crippen LogP contribution in [0.15, 0.2) is 41.1 Å². The minimum atomic E-state index is -1.19. The van der Waals surface area contributed by atoms with Gasteiger partial charge in [0, 0.05) is 11.3 Å². The maximum atomic E-state index is 14.6. The Morgan fingerprint density at radius 1 is 1.24 bits per heavy atom. The molecule has 0 bridgehead atoms. The third-order valence-electron chi connectivity index (χ3n) is 6.84. The highest BCUT2D eigenvalue weighted by Crippen LogP contribution is 2.49. The quantitative estimate of drug-likeness (QED) is 0.301. The first-order chi connectivity index (χ1) is 16.2. The van der Waals surface area contributed by atoms with Crippen molar-refractivity contribution in [2.45, 2.75) is 37.4 Å². The topological polar surface area (TPSA) is 136 Å². The van der Waals surface area contributed by atoms with Gasteiger partial charge in [0.2, 0.25) is 0 Å². The van der Waals surface area contributed by atoms with Gasteiger partial charge >= 0.3 is 0 Å². The third-order valence-corrected chi connectivity index (χ3v) is 7.47. The number of nitrogens with two attached hydrogens (primary N) is 2. The number of nitrogens with zero attached hydrogens (tertiary/aromatic N) is 4. The van der Waals surface area contributed by atoms with E-state index in [9.17, 15) is 14.6 Å². The van der Waals surface area contributed by atoms with E-state index in [1.54, 1.807) is 0 Å². The zero-order valence-electron chi connectivity index (χ0n) is 18.0. The van der Waals surface area contributed by atoms with Crippen molar-refractivity contribution in [1.29, 1.82) is 0 Å². The summed E-state index contributed by atoms with van der Waals surface area (Å²) in [5.41, 5.74) is 12.9. The highest BCUT2D eigenvalue weighted by Gasteiger charge is 2.52. The van der Waals surface area contributed by atoms with Crippen molar-refractivity contribution in [1.82, 2.24) is 19.6 Å². The number of aryl methyl sites for hydroxylation is 1. The van der Waals surface area contributed by atoms with Crippen LogP contribution in [0.3, 0.4) is 0 Å². The number of aromatic nitrogens is 4. The third kappa shape index (κ3) is 3.48. The van der Waals surface area contributed by atoms with Crippen LogP contribution in [0.2, 0.25) is 0 Å². The van der Waals surface area contributed by atoms with Crippen LogP contribution in [-0.2, 0) is 6.42 Å². The van der Waals surface area contributed by atoms with Gasteiger partial charge in [-0.1, -0.05) is 18.1 Å². The standard InChI is InChI=1S/C24H22BrFN6O2/c1-2-24(6-5-12-3-4-13-8-15(25)22(27)31-17(13)7-12)10-14(20(33)21(24)34)18-9-16(26)19-23(28)29-11-30-32(18)19/h1,3-4,7-9,11,14,20-21,33-34H,5-6,10H2,(H2,27,31)(H2,28,29,30)/t14-,20-,21-,24-/m0/s1. The van der Waals surface area contributed by atoms with E-state index in [4.69, 9.17) is 17.9 Å². The number of halogens is 2. The van der Waals surface area contributed by atoms with E-state index in [-0.39, 0.29) is 17.8 Å². The van der Waals surface area contributed by atoms with Crippen LogP contribution in [-0.4, -0.2) is 42.0 Å². The number of aliphatic hydroxyl groups excluding tert-OH is 2. The zero-order chi connectivity index (χ0) is 24.2. The molecule has 1 aliphatic carbocycles. The fourth-order valence-corrected chi connectivity index (χ4v) is 5.30. The molecule has 0 amide bonds. The van der Waals surface area contributed by atoms with Crippen LogP contribution in [0.5, 0.6) is 0 Å². The van der Waals surface area contributed by atoms with Crippen LogP contribution in [0, 0.1) is 23.6 Å². The van der Waals surface area contributed by atoms with Crippen molar-refractivity contribution >= 4 is 44.0 Å². The largest absolute Gasteiger partial charge is 0.390 e. The highest BCUT2D eigenvalue weighted by molar-refractivity contribution is 9.10. The maximum absolute atomic E-state index is 14.6. The van der Waals surface area contributed by atoms with Crippen LogP contribution in [0.1, 0.15) is 30.0 Å². The molecule has 3 heterocycles. The zero-order valence-corrected chi connectivity index (χ0v) is 19.6. The molecular formula is C24H22BrFN6O2. The van der Waals surface area contributed by atoms with Gasteiger partial charge in [-0.25, -0.2) is 18.9 Å². The summed E-state index contributed by atoms with van der Waals surface area (Å²) in [7, 11) is 0. The van der Waals surface area contributed by atoms with E-state index in [1.807, 2.05) is 24.3 Å². The number of fused-ring (bicyclic) bond motifs is 2. The summed E-state index contributed by atoms with van der Waals surface area (Å²) < 4.78 is 16.6. The molecule has 10 heteroatoms. The summed E-state index contributed by atoms with van der Waals surface area (Å²) in [6.45, 7) is 0. The number of benzene rings is 1. The first-order valence-electron chi connectivity index (χ1n) is 10.7. The smallest absolute Gasteiger partial charge is 0.154 e. The van der Waals surface area contributed by atoms with Crippen LogP contribution >= 0.6 is 15.9 Å².